The van der Waals surface area contributed by atoms with E-state index in [0.29, 0.717) is 0 Å². The first-order chi connectivity index (χ1) is 10.5. The summed E-state index contributed by atoms with van der Waals surface area (Å²) in [5, 5.41) is 3.06. The fourth-order valence-electron chi connectivity index (χ4n) is 2.45. The number of anilines is 1. The standard InChI is InChI=1S/C19H24N2O/c1-14-9-8-10-15(2)18(14)20-19(22)16(3)21(4)13-17-11-6-5-7-12-17/h5-12,16H,13H2,1-4H3,(H,20,22)/t16-/m0/s1. The van der Waals surface area contributed by atoms with Crippen LogP contribution in [0.2, 0.25) is 0 Å². The molecule has 1 atom stereocenters. The summed E-state index contributed by atoms with van der Waals surface area (Å²) in [6, 6.07) is 16.0. The van der Waals surface area contributed by atoms with Gasteiger partial charge in [-0.3, -0.25) is 9.69 Å². The Morgan fingerprint density at radius 2 is 1.64 bits per heavy atom. The zero-order valence-corrected chi connectivity index (χ0v) is 13.8. The molecule has 3 nitrogen and oxygen atoms in total. The molecule has 0 bridgehead atoms. The third-order valence-electron chi connectivity index (χ3n) is 4.04. The van der Waals surface area contributed by atoms with Gasteiger partial charge in [0.05, 0.1) is 6.04 Å². The highest BCUT2D eigenvalue weighted by Crippen LogP contribution is 2.20. The van der Waals surface area contributed by atoms with E-state index in [9.17, 15) is 4.79 Å². The molecule has 2 aromatic carbocycles. The van der Waals surface area contributed by atoms with Gasteiger partial charge in [-0.1, -0.05) is 48.5 Å². The Hall–Kier alpha value is -2.13. The molecule has 0 aliphatic carbocycles. The molecule has 0 heterocycles. The van der Waals surface area contributed by atoms with Crippen molar-refractivity contribution in [1.82, 2.24) is 4.90 Å². The molecule has 0 aliphatic heterocycles. The van der Waals surface area contributed by atoms with E-state index >= 15 is 0 Å². The Morgan fingerprint density at radius 3 is 2.23 bits per heavy atom. The fraction of sp³-hybridized carbons (Fsp3) is 0.316. The van der Waals surface area contributed by atoms with Crippen LogP contribution in [0.5, 0.6) is 0 Å². The molecular formula is C19H24N2O. The summed E-state index contributed by atoms with van der Waals surface area (Å²) in [5.41, 5.74) is 4.31. The van der Waals surface area contributed by atoms with Gasteiger partial charge < -0.3 is 5.32 Å². The Balaban J connectivity index is 2.03. The minimum atomic E-state index is -0.195. The summed E-state index contributed by atoms with van der Waals surface area (Å²) in [5.74, 6) is 0.0239. The van der Waals surface area contributed by atoms with Gasteiger partial charge in [0.1, 0.15) is 0 Å². The number of hydrogen-bond donors (Lipinski definition) is 1. The van der Waals surface area contributed by atoms with E-state index in [1.165, 1.54) is 5.56 Å². The number of para-hydroxylation sites is 1. The number of hydrogen-bond acceptors (Lipinski definition) is 2. The van der Waals surface area contributed by atoms with Crippen LogP contribution in [-0.2, 0) is 11.3 Å². The lowest BCUT2D eigenvalue weighted by molar-refractivity contribution is -0.120. The number of carbonyl (C=O) groups is 1. The molecule has 0 aromatic heterocycles. The summed E-state index contributed by atoms with van der Waals surface area (Å²) >= 11 is 0. The molecule has 2 aromatic rings. The molecule has 0 aliphatic rings. The van der Waals surface area contributed by atoms with Crippen molar-refractivity contribution in [2.45, 2.75) is 33.4 Å². The molecular weight excluding hydrogens is 272 g/mol. The first-order valence-electron chi connectivity index (χ1n) is 7.60. The number of likely N-dealkylation sites (N-methyl/N-ethyl adjacent to an activating group) is 1. The maximum atomic E-state index is 12.5. The van der Waals surface area contributed by atoms with Gasteiger partial charge in [0, 0.05) is 12.2 Å². The van der Waals surface area contributed by atoms with E-state index in [1.807, 2.05) is 64.2 Å². The van der Waals surface area contributed by atoms with Gasteiger partial charge in [0.15, 0.2) is 0 Å². The topological polar surface area (TPSA) is 32.3 Å². The predicted octanol–water partition coefficient (Wildman–Crippen LogP) is 3.76. The average Bonchev–Trinajstić information content (AvgIpc) is 2.51. The normalized spacial score (nSPS) is 12.2. The number of rotatable bonds is 5. The smallest absolute Gasteiger partial charge is 0.241 e. The molecule has 0 saturated carbocycles. The Bertz CT molecular complexity index is 617. The second kappa shape index (κ2) is 7.23. The molecule has 0 spiro atoms. The van der Waals surface area contributed by atoms with Crippen molar-refractivity contribution in [3.63, 3.8) is 0 Å². The third-order valence-corrected chi connectivity index (χ3v) is 4.04. The van der Waals surface area contributed by atoms with Crippen LogP contribution in [0, 0.1) is 13.8 Å². The second-order valence-electron chi connectivity index (χ2n) is 5.83. The highest BCUT2D eigenvalue weighted by atomic mass is 16.2. The van der Waals surface area contributed by atoms with Crippen molar-refractivity contribution in [3.8, 4) is 0 Å². The lowest BCUT2D eigenvalue weighted by Gasteiger charge is -2.24. The van der Waals surface area contributed by atoms with Crippen LogP contribution >= 0.6 is 0 Å². The monoisotopic (exact) mass is 296 g/mol. The van der Waals surface area contributed by atoms with Gasteiger partial charge in [-0.2, -0.15) is 0 Å². The van der Waals surface area contributed by atoms with Gasteiger partial charge in [-0.25, -0.2) is 0 Å². The van der Waals surface area contributed by atoms with Crippen LogP contribution in [-0.4, -0.2) is 23.9 Å². The molecule has 116 valence electrons. The van der Waals surface area contributed by atoms with Gasteiger partial charge in [-0.15, -0.1) is 0 Å². The van der Waals surface area contributed by atoms with E-state index in [2.05, 4.69) is 22.3 Å². The van der Waals surface area contributed by atoms with E-state index in [4.69, 9.17) is 0 Å². The fourth-order valence-corrected chi connectivity index (χ4v) is 2.45. The molecule has 0 saturated heterocycles. The Morgan fingerprint density at radius 1 is 1.05 bits per heavy atom. The average molecular weight is 296 g/mol. The van der Waals surface area contributed by atoms with Crippen molar-refractivity contribution < 1.29 is 4.79 Å². The van der Waals surface area contributed by atoms with Crippen molar-refractivity contribution >= 4 is 11.6 Å². The van der Waals surface area contributed by atoms with E-state index in [-0.39, 0.29) is 11.9 Å². The minimum Gasteiger partial charge on any atom is -0.324 e. The molecule has 22 heavy (non-hydrogen) atoms. The van der Waals surface area contributed by atoms with Crippen LogP contribution in [0.25, 0.3) is 0 Å². The number of amides is 1. The summed E-state index contributed by atoms with van der Waals surface area (Å²) in [4.78, 5) is 14.5. The molecule has 0 fully saturated rings. The highest BCUT2D eigenvalue weighted by molar-refractivity contribution is 5.95. The number of nitrogens with zero attached hydrogens (tertiary/aromatic N) is 1. The number of carbonyl (C=O) groups excluding carboxylic acids is 1. The Kier molecular flexibility index (Phi) is 5.34. The third kappa shape index (κ3) is 3.95. The van der Waals surface area contributed by atoms with Crippen LogP contribution < -0.4 is 5.32 Å². The zero-order chi connectivity index (χ0) is 16.1. The minimum absolute atomic E-state index is 0.0239. The van der Waals surface area contributed by atoms with Gasteiger partial charge in [-0.05, 0) is 44.5 Å². The van der Waals surface area contributed by atoms with Gasteiger partial charge >= 0.3 is 0 Å². The summed E-state index contributed by atoms with van der Waals surface area (Å²) in [6.07, 6.45) is 0. The van der Waals surface area contributed by atoms with E-state index < -0.39 is 0 Å². The van der Waals surface area contributed by atoms with E-state index in [0.717, 1.165) is 23.4 Å². The largest absolute Gasteiger partial charge is 0.324 e. The first-order valence-corrected chi connectivity index (χ1v) is 7.60. The summed E-state index contributed by atoms with van der Waals surface area (Å²) in [6.45, 7) is 6.72. The predicted molar refractivity (Wildman–Crippen MR) is 91.9 cm³/mol. The van der Waals surface area contributed by atoms with Crippen molar-refractivity contribution in [2.24, 2.45) is 0 Å². The van der Waals surface area contributed by atoms with Crippen LogP contribution in [0.1, 0.15) is 23.6 Å². The van der Waals surface area contributed by atoms with Gasteiger partial charge in [0.25, 0.3) is 0 Å². The van der Waals surface area contributed by atoms with Crippen LogP contribution in [0.3, 0.4) is 0 Å². The highest BCUT2D eigenvalue weighted by Gasteiger charge is 2.19. The summed E-state index contributed by atoms with van der Waals surface area (Å²) in [7, 11) is 1.97. The van der Waals surface area contributed by atoms with E-state index in [1.54, 1.807) is 0 Å². The molecule has 0 radical (unpaired) electrons. The number of nitrogens with one attached hydrogen (secondary N) is 1. The zero-order valence-electron chi connectivity index (χ0n) is 13.8. The van der Waals surface area contributed by atoms with Gasteiger partial charge in [0.2, 0.25) is 5.91 Å². The van der Waals surface area contributed by atoms with Crippen molar-refractivity contribution in [2.75, 3.05) is 12.4 Å². The van der Waals surface area contributed by atoms with Crippen molar-refractivity contribution in [3.05, 3.63) is 65.2 Å². The van der Waals surface area contributed by atoms with Crippen LogP contribution in [0.4, 0.5) is 5.69 Å². The van der Waals surface area contributed by atoms with Crippen LogP contribution in [0.15, 0.2) is 48.5 Å². The first kappa shape index (κ1) is 16.2. The quantitative estimate of drug-likeness (QED) is 0.911. The Labute approximate surface area is 133 Å². The second-order valence-corrected chi connectivity index (χ2v) is 5.83. The molecule has 3 heteroatoms. The van der Waals surface area contributed by atoms with Crippen molar-refractivity contribution in [1.29, 1.82) is 0 Å². The molecule has 0 unspecified atom stereocenters. The SMILES string of the molecule is Cc1cccc(C)c1NC(=O)[C@H](C)N(C)Cc1ccccc1. The maximum absolute atomic E-state index is 12.5. The number of aryl methyl sites for hydroxylation is 2. The lowest BCUT2D eigenvalue weighted by Crippen LogP contribution is -2.39. The lowest BCUT2D eigenvalue weighted by atomic mass is 10.1. The molecule has 2 rings (SSSR count). The number of benzene rings is 2. The summed E-state index contributed by atoms with van der Waals surface area (Å²) < 4.78 is 0. The molecule has 1 amide bonds. The maximum Gasteiger partial charge on any atom is 0.241 e. The molecule has 1 N–H and O–H groups in total.